The zero-order chi connectivity index (χ0) is 19.7. The van der Waals surface area contributed by atoms with Gasteiger partial charge in [0.15, 0.2) is 6.10 Å². The highest BCUT2D eigenvalue weighted by Crippen LogP contribution is 2.35. The molecule has 0 spiro atoms. The Labute approximate surface area is 165 Å². The molecule has 2 atom stereocenters. The molecule has 0 aliphatic carbocycles. The number of nitrogens with one attached hydrogen (secondary N) is 1. The minimum atomic E-state index is -0.928. The number of nitrogens with zero attached hydrogens (tertiary/aromatic N) is 1. The van der Waals surface area contributed by atoms with Crippen LogP contribution in [0.5, 0.6) is 0 Å². The van der Waals surface area contributed by atoms with Gasteiger partial charge in [-0.05, 0) is 48.7 Å². The second-order valence-electron chi connectivity index (χ2n) is 6.85. The van der Waals surface area contributed by atoms with E-state index >= 15 is 0 Å². The fraction of sp³-hybridized carbons (Fsp3) is 0.286. The van der Waals surface area contributed by atoms with E-state index in [0.29, 0.717) is 17.3 Å². The summed E-state index contributed by atoms with van der Waals surface area (Å²) in [5.41, 5.74) is -0.319. The third-order valence-corrected chi connectivity index (χ3v) is 5.99. The molecule has 4 rings (SSSR count). The van der Waals surface area contributed by atoms with Crippen LogP contribution in [0.2, 0.25) is 0 Å². The number of amides is 1. The highest BCUT2D eigenvalue weighted by molar-refractivity contribution is 7.10. The van der Waals surface area contributed by atoms with E-state index in [4.69, 9.17) is 4.74 Å². The molecule has 2 aromatic heterocycles. The van der Waals surface area contributed by atoms with Crippen molar-refractivity contribution in [1.82, 2.24) is 9.88 Å². The molecular formula is C21H20N2O4S. The van der Waals surface area contributed by atoms with E-state index in [-0.39, 0.29) is 23.2 Å². The number of pyridine rings is 1. The first-order valence-electron chi connectivity index (χ1n) is 9.21. The number of aromatic nitrogens is 1. The Kier molecular flexibility index (Phi) is 5.00. The number of rotatable bonds is 4. The van der Waals surface area contributed by atoms with Crippen LogP contribution in [0.4, 0.5) is 0 Å². The lowest BCUT2D eigenvalue weighted by molar-refractivity contribution is -0.140. The molecule has 1 N–H and O–H groups in total. The molecule has 6 nitrogen and oxygen atoms in total. The first kappa shape index (κ1) is 18.4. The van der Waals surface area contributed by atoms with Gasteiger partial charge in [-0.25, -0.2) is 4.79 Å². The van der Waals surface area contributed by atoms with Crippen LogP contribution in [0.1, 0.15) is 41.2 Å². The third kappa shape index (κ3) is 3.45. The zero-order valence-electron chi connectivity index (χ0n) is 15.4. The monoisotopic (exact) mass is 396 g/mol. The third-order valence-electron chi connectivity index (χ3n) is 5.01. The van der Waals surface area contributed by atoms with Crippen molar-refractivity contribution < 1.29 is 14.3 Å². The standard InChI is InChI=1S/C21H20N2O4S/c1-13(20(25)23-10-4-8-17(23)18-9-5-11-28-18)27-21(26)16-12-14-6-2-3-7-15(14)19(24)22-16/h2-3,5-7,9,11-13,17H,4,8,10H2,1H3,(H,22,24). The quantitative estimate of drug-likeness (QED) is 0.685. The molecule has 28 heavy (non-hydrogen) atoms. The lowest BCUT2D eigenvalue weighted by Crippen LogP contribution is -2.39. The number of carbonyl (C=O) groups excluding carboxylic acids is 2. The van der Waals surface area contributed by atoms with Crippen molar-refractivity contribution in [3.8, 4) is 0 Å². The van der Waals surface area contributed by atoms with Crippen molar-refractivity contribution in [3.05, 3.63) is 68.8 Å². The molecule has 0 radical (unpaired) electrons. The van der Waals surface area contributed by atoms with Gasteiger partial charge in [-0.2, -0.15) is 0 Å². The van der Waals surface area contributed by atoms with Gasteiger partial charge >= 0.3 is 5.97 Å². The Balaban J connectivity index is 1.50. The number of hydrogen-bond acceptors (Lipinski definition) is 5. The summed E-state index contributed by atoms with van der Waals surface area (Å²) in [6.45, 7) is 2.22. The Morgan fingerprint density at radius 2 is 2.07 bits per heavy atom. The van der Waals surface area contributed by atoms with E-state index in [1.807, 2.05) is 17.5 Å². The van der Waals surface area contributed by atoms with E-state index < -0.39 is 12.1 Å². The summed E-state index contributed by atoms with van der Waals surface area (Å²) in [5.74, 6) is -0.928. The van der Waals surface area contributed by atoms with Gasteiger partial charge < -0.3 is 14.6 Å². The second kappa shape index (κ2) is 7.59. The summed E-state index contributed by atoms with van der Waals surface area (Å²) >= 11 is 1.63. The molecule has 3 aromatic rings. The van der Waals surface area contributed by atoms with Crippen molar-refractivity contribution in [1.29, 1.82) is 0 Å². The van der Waals surface area contributed by atoms with Gasteiger partial charge in [0, 0.05) is 16.8 Å². The van der Waals surface area contributed by atoms with Crippen LogP contribution >= 0.6 is 11.3 Å². The summed E-state index contributed by atoms with van der Waals surface area (Å²) in [4.78, 5) is 43.0. The summed E-state index contributed by atoms with van der Waals surface area (Å²) in [7, 11) is 0. The molecule has 0 bridgehead atoms. The van der Waals surface area contributed by atoms with Crippen LogP contribution in [0, 0.1) is 0 Å². The molecule has 1 saturated heterocycles. The Hall–Kier alpha value is -2.93. The fourth-order valence-corrected chi connectivity index (χ4v) is 4.51. The van der Waals surface area contributed by atoms with Crippen LogP contribution in [0.3, 0.4) is 0 Å². The molecule has 1 aliphatic rings. The SMILES string of the molecule is CC(OC(=O)c1cc2ccccc2c(=O)[nH]1)C(=O)N1CCCC1c1cccs1. The van der Waals surface area contributed by atoms with Crippen LogP contribution < -0.4 is 5.56 Å². The molecule has 1 aromatic carbocycles. The summed E-state index contributed by atoms with van der Waals surface area (Å²) in [6, 6.07) is 12.6. The van der Waals surface area contributed by atoms with E-state index in [1.54, 1.807) is 53.5 Å². The number of esters is 1. The minimum absolute atomic E-state index is 0.0362. The van der Waals surface area contributed by atoms with Crippen LogP contribution in [-0.2, 0) is 9.53 Å². The summed E-state index contributed by atoms with van der Waals surface area (Å²) in [6.07, 6.45) is 0.903. The van der Waals surface area contributed by atoms with Crippen molar-refractivity contribution >= 4 is 34.0 Å². The number of fused-ring (bicyclic) bond motifs is 1. The lowest BCUT2D eigenvalue weighted by Gasteiger charge is -2.26. The van der Waals surface area contributed by atoms with Crippen LogP contribution in [0.25, 0.3) is 10.8 Å². The topological polar surface area (TPSA) is 79.5 Å². The minimum Gasteiger partial charge on any atom is -0.448 e. The average molecular weight is 396 g/mol. The van der Waals surface area contributed by atoms with Gasteiger partial charge in [0.25, 0.3) is 11.5 Å². The number of aromatic amines is 1. The number of ether oxygens (including phenoxy) is 1. The average Bonchev–Trinajstić information content (AvgIpc) is 3.38. The van der Waals surface area contributed by atoms with E-state index in [2.05, 4.69) is 4.98 Å². The second-order valence-corrected chi connectivity index (χ2v) is 7.83. The molecular weight excluding hydrogens is 376 g/mol. The maximum atomic E-state index is 12.9. The van der Waals surface area contributed by atoms with Crippen molar-refractivity contribution in [3.63, 3.8) is 0 Å². The predicted molar refractivity (Wildman–Crippen MR) is 107 cm³/mol. The molecule has 1 amide bonds. The summed E-state index contributed by atoms with van der Waals surface area (Å²) < 4.78 is 5.38. The normalized spacial score (nSPS) is 17.6. The van der Waals surface area contributed by atoms with E-state index in [0.717, 1.165) is 17.7 Å². The zero-order valence-corrected chi connectivity index (χ0v) is 16.2. The number of hydrogen-bond donors (Lipinski definition) is 1. The van der Waals surface area contributed by atoms with Gasteiger partial charge in [0.2, 0.25) is 0 Å². The van der Waals surface area contributed by atoms with Gasteiger partial charge in [0.1, 0.15) is 5.69 Å². The van der Waals surface area contributed by atoms with E-state index in [1.165, 1.54) is 0 Å². The number of thiophene rings is 1. The summed E-state index contributed by atoms with van der Waals surface area (Å²) in [5, 5.41) is 3.14. The number of carbonyl (C=O) groups is 2. The molecule has 144 valence electrons. The lowest BCUT2D eigenvalue weighted by atomic mass is 10.1. The van der Waals surface area contributed by atoms with Crippen molar-refractivity contribution in [2.45, 2.75) is 31.9 Å². The number of benzene rings is 1. The Bertz CT molecular complexity index is 1070. The molecule has 1 fully saturated rings. The molecule has 0 saturated carbocycles. The maximum absolute atomic E-state index is 12.9. The molecule has 3 heterocycles. The Morgan fingerprint density at radius 1 is 1.25 bits per heavy atom. The van der Waals surface area contributed by atoms with Crippen LogP contribution in [0.15, 0.2) is 52.6 Å². The van der Waals surface area contributed by atoms with Gasteiger partial charge in [-0.3, -0.25) is 9.59 Å². The Morgan fingerprint density at radius 3 is 2.86 bits per heavy atom. The van der Waals surface area contributed by atoms with Gasteiger partial charge in [-0.1, -0.05) is 24.3 Å². The maximum Gasteiger partial charge on any atom is 0.355 e. The fourth-order valence-electron chi connectivity index (χ4n) is 3.64. The highest BCUT2D eigenvalue weighted by atomic mass is 32.1. The smallest absolute Gasteiger partial charge is 0.355 e. The first-order valence-corrected chi connectivity index (χ1v) is 10.1. The first-order chi connectivity index (χ1) is 13.5. The van der Waals surface area contributed by atoms with Crippen LogP contribution in [-0.4, -0.2) is 34.4 Å². The molecule has 2 unspecified atom stereocenters. The highest BCUT2D eigenvalue weighted by Gasteiger charge is 2.34. The van der Waals surface area contributed by atoms with Gasteiger partial charge in [0.05, 0.1) is 6.04 Å². The number of likely N-dealkylation sites (tertiary alicyclic amines) is 1. The van der Waals surface area contributed by atoms with E-state index in [9.17, 15) is 14.4 Å². The predicted octanol–water partition coefficient (Wildman–Crippen LogP) is 3.50. The van der Waals surface area contributed by atoms with Crippen molar-refractivity contribution in [2.24, 2.45) is 0 Å². The largest absolute Gasteiger partial charge is 0.448 e. The molecule has 7 heteroatoms. The molecule has 1 aliphatic heterocycles. The van der Waals surface area contributed by atoms with Gasteiger partial charge in [-0.15, -0.1) is 11.3 Å². The number of H-pyrrole nitrogens is 1. The van der Waals surface area contributed by atoms with Crippen molar-refractivity contribution in [2.75, 3.05) is 6.54 Å².